The second-order valence-electron chi connectivity index (χ2n) is 5.37. The number of unbranched alkanes of at least 4 members (excludes halogenated alkanes) is 7. The molecule has 0 aliphatic heterocycles. The van der Waals surface area contributed by atoms with Gasteiger partial charge in [0.05, 0.1) is 0 Å². The standard InChI is InChI=1S/C16H33I/c1-3-5-6-7-8-9-10-13-16(4-2)14-11-12-15-17/h16H,3-15H2,1-2H3. The molecule has 0 aromatic carbocycles. The molecule has 0 N–H and O–H groups in total. The highest BCUT2D eigenvalue weighted by atomic mass is 127. The van der Waals surface area contributed by atoms with Crippen molar-refractivity contribution >= 4 is 22.6 Å². The van der Waals surface area contributed by atoms with E-state index in [0.29, 0.717) is 0 Å². The summed E-state index contributed by atoms with van der Waals surface area (Å²) in [5.41, 5.74) is 0. The number of rotatable bonds is 13. The van der Waals surface area contributed by atoms with Crippen LogP contribution in [-0.4, -0.2) is 4.43 Å². The normalized spacial score (nSPS) is 12.9. The molecule has 0 bridgehead atoms. The molecular formula is C16H33I. The minimum Gasteiger partial charge on any atom is -0.0864 e. The summed E-state index contributed by atoms with van der Waals surface area (Å²) in [6.07, 6.45) is 17.4. The predicted molar refractivity (Wildman–Crippen MR) is 89.1 cm³/mol. The zero-order valence-corrected chi connectivity index (χ0v) is 14.3. The number of alkyl halides is 1. The topological polar surface area (TPSA) is 0 Å². The molecule has 0 rings (SSSR count). The van der Waals surface area contributed by atoms with E-state index in [1.54, 1.807) is 0 Å². The van der Waals surface area contributed by atoms with Crippen molar-refractivity contribution in [3.8, 4) is 0 Å². The summed E-state index contributed by atoms with van der Waals surface area (Å²) < 4.78 is 1.34. The Kier molecular flexibility index (Phi) is 15.4. The van der Waals surface area contributed by atoms with Crippen LogP contribution in [-0.2, 0) is 0 Å². The van der Waals surface area contributed by atoms with Gasteiger partial charge in [0.2, 0.25) is 0 Å². The van der Waals surface area contributed by atoms with E-state index in [2.05, 4.69) is 36.4 Å². The highest BCUT2D eigenvalue weighted by Gasteiger charge is 2.05. The van der Waals surface area contributed by atoms with Gasteiger partial charge in [0.15, 0.2) is 0 Å². The number of halogens is 1. The molecule has 1 unspecified atom stereocenters. The van der Waals surface area contributed by atoms with E-state index in [4.69, 9.17) is 0 Å². The van der Waals surface area contributed by atoms with Crippen LogP contribution in [0.1, 0.15) is 90.9 Å². The Bertz CT molecular complexity index is 133. The molecule has 0 aromatic rings. The average molecular weight is 352 g/mol. The Hall–Kier alpha value is 0.730. The molecule has 0 saturated carbocycles. The molecule has 0 heterocycles. The lowest BCUT2D eigenvalue weighted by molar-refractivity contribution is 0.400. The lowest BCUT2D eigenvalue weighted by atomic mass is 9.93. The van der Waals surface area contributed by atoms with Gasteiger partial charge in [0, 0.05) is 0 Å². The van der Waals surface area contributed by atoms with Crippen LogP contribution in [0.15, 0.2) is 0 Å². The van der Waals surface area contributed by atoms with Gasteiger partial charge in [0.1, 0.15) is 0 Å². The Morgan fingerprint density at radius 3 is 1.76 bits per heavy atom. The molecule has 1 atom stereocenters. The Labute approximate surface area is 123 Å². The first-order valence-electron chi connectivity index (χ1n) is 7.91. The van der Waals surface area contributed by atoms with Gasteiger partial charge < -0.3 is 0 Å². The first kappa shape index (κ1) is 17.7. The summed E-state index contributed by atoms with van der Waals surface area (Å²) in [4.78, 5) is 0. The van der Waals surface area contributed by atoms with Gasteiger partial charge in [-0.2, -0.15) is 0 Å². The van der Waals surface area contributed by atoms with Crippen LogP contribution >= 0.6 is 22.6 Å². The van der Waals surface area contributed by atoms with Crippen LogP contribution in [0.25, 0.3) is 0 Å². The van der Waals surface area contributed by atoms with Gasteiger partial charge in [-0.05, 0) is 16.8 Å². The largest absolute Gasteiger partial charge is 0.0864 e. The molecule has 0 aromatic heterocycles. The molecule has 0 amide bonds. The maximum atomic E-state index is 2.50. The molecule has 0 aliphatic rings. The molecule has 1 heteroatoms. The maximum Gasteiger partial charge on any atom is -0.000473 e. The quantitative estimate of drug-likeness (QED) is 0.195. The van der Waals surface area contributed by atoms with E-state index in [1.807, 2.05) is 0 Å². The second-order valence-corrected chi connectivity index (χ2v) is 6.45. The van der Waals surface area contributed by atoms with Gasteiger partial charge in [-0.1, -0.05) is 107 Å². The van der Waals surface area contributed by atoms with Gasteiger partial charge in [-0.15, -0.1) is 0 Å². The van der Waals surface area contributed by atoms with Crippen LogP contribution in [0.4, 0.5) is 0 Å². The lowest BCUT2D eigenvalue weighted by Gasteiger charge is -2.14. The third kappa shape index (κ3) is 13.0. The highest BCUT2D eigenvalue weighted by Crippen LogP contribution is 2.20. The summed E-state index contributed by atoms with van der Waals surface area (Å²) in [5, 5.41) is 0. The first-order chi connectivity index (χ1) is 8.35. The first-order valence-corrected chi connectivity index (χ1v) is 9.43. The minimum absolute atomic E-state index is 1.02. The van der Waals surface area contributed by atoms with E-state index in [-0.39, 0.29) is 0 Å². The third-order valence-corrected chi connectivity index (χ3v) is 4.55. The van der Waals surface area contributed by atoms with Crippen LogP contribution in [0, 0.1) is 5.92 Å². The van der Waals surface area contributed by atoms with Crippen LogP contribution in [0.2, 0.25) is 0 Å². The average Bonchev–Trinajstić information content (AvgIpc) is 2.35. The smallest absolute Gasteiger partial charge is 0.000473 e. The SMILES string of the molecule is CCCCCCCCCC(CC)CCCCI. The molecule has 0 fully saturated rings. The van der Waals surface area contributed by atoms with E-state index in [0.717, 1.165) is 5.92 Å². The molecule has 104 valence electrons. The summed E-state index contributed by atoms with van der Waals surface area (Å²) in [6.45, 7) is 4.66. The van der Waals surface area contributed by atoms with E-state index in [1.165, 1.54) is 81.5 Å². The summed E-state index contributed by atoms with van der Waals surface area (Å²) in [5.74, 6) is 1.02. The fourth-order valence-corrected chi connectivity index (χ4v) is 3.01. The van der Waals surface area contributed by atoms with Crippen molar-refractivity contribution in [1.29, 1.82) is 0 Å². The van der Waals surface area contributed by atoms with Crippen molar-refractivity contribution < 1.29 is 0 Å². The summed E-state index contributed by atoms with van der Waals surface area (Å²) in [6, 6.07) is 0. The molecular weight excluding hydrogens is 319 g/mol. The zero-order chi connectivity index (χ0) is 12.8. The molecule has 0 nitrogen and oxygen atoms in total. The van der Waals surface area contributed by atoms with E-state index >= 15 is 0 Å². The number of hydrogen-bond donors (Lipinski definition) is 0. The molecule has 0 radical (unpaired) electrons. The van der Waals surface area contributed by atoms with Crippen molar-refractivity contribution in [2.75, 3.05) is 4.43 Å². The second kappa shape index (κ2) is 14.8. The Morgan fingerprint density at radius 2 is 1.24 bits per heavy atom. The molecule has 0 saturated heterocycles. The fourth-order valence-electron chi connectivity index (χ4n) is 2.47. The minimum atomic E-state index is 1.02. The predicted octanol–water partition coefficient (Wildman–Crippen LogP) is 6.76. The van der Waals surface area contributed by atoms with Gasteiger partial charge in [-0.25, -0.2) is 0 Å². The van der Waals surface area contributed by atoms with Crippen molar-refractivity contribution in [1.82, 2.24) is 0 Å². The highest BCUT2D eigenvalue weighted by molar-refractivity contribution is 14.1. The van der Waals surface area contributed by atoms with Gasteiger partial charge in [-0.3, -0.25) is 0 Å². The van der Waals surface area contributed by atoms with Crippen molar-refractivity contribution in [3.05, 3.63) is 0 Å². The van der Waals surface area contributed by atoms with Gasteiger partial charge >= 0.3 is 0 Å². The van der Waals surface area contributed by atoms with Crippen molar-refractivity contribution in [2.24, 2.45) is 5.92 Å². The monoisotopic (exact) mass is 352 g/mol. The third-order valence-electron chi connectivity index (χ3n) is 3.79. The van der Waals surface area contributed by atoms with Crippen LogP contribution in [0.5, 0.6) is 0 Å². The molecule has 17 heavy (non-hydrogen) atoms. The number of hydrogen-bond acceptors (Lipinski definition) is 0. The maximum absolute atomic E-state index is 2.50. The van der Waals surface area contributed by atoms with Crippen LogP contribution < -0.4 is 0 Å². The van der Waals surface area contributed by atoms with Gasteiger partial charge in [0.25, 0.3) is 0 Å². The molecule has 0 spiro atoms. The Morgan fingerprint density at radius 1 is 0.706 bits per heavy atom. The summed E-state index contributed by atoms with van der Waals surface area (Å²) >= 11 is 2.50. The zero-order valence-electron chi connectivity index (χ0n) is 12.1. The van der Waals surface area contributed by atoms with Crippen LogP contribution in [0.3, 0.4) is 0 Å². The molecule has 0 aliphatic carbocycles. The van der Waals surface area contributed by atoms with E-state index < -0.39 is 0 Å². The van der Waals surface area contributed by atoms with Crippen molar-refractivity contribution in [3.63, 3.8) is 0 Å². The fraction of sp³-hybridized carbons (Fsp3) is 1.00. The lowest BCUT2D eigenvalue weighted by Crippen LogP contribution is -1.99. The van der Waals surface area contributed by atoms with E-state index in [9.17, 15) is 0 Å². The van der Waals surface area contributed by atoms with Crippen molar-refractivity contribution in [2.45, 2.75) is 90.9 Å². The summed E-state index contributed by atoms with van der Waals surface area (Å²) in [7, 11) is 0. The Balaban J connectivity index is 3.25.